The van der Waals surface area contributed by atoms with Crippen molar-refractivity contribution in [1.82, 2.24) is 4.98 Å². The van der Waals surface area contributed by atoms with Gasteiger partial charge in [-0.1, -0.05) is 0 Å². The predicted molar refractivity (Wildman–Crippen MR) is 59.1 cm³/mol. The molecular formula is C10H15N3O3. The third-order valence-corrected chi connectivity index (χ3v) is 2.01. The Labute approximate surface area is 93.8 Å². The van der Waals surface area contributed by atoms with Crippen molar-refractivity contribution < 1.29 is 14.3 Å². The summed E-state index contributed by atoms with van der Waals surface area (Å²) in [6, 6.07) is 3.31. The summed E-state index contributed by atoms with van der Waals surface area (Å²) in [5.74, 6) is -0.557. The van der Waals surface area contributed by atoms with Crippen LogP contribution in [0, 0.1) is 0 Å². The minimum Gasteiger partial charge on any atom is -0.380 e. The van der Waals surface area contributed by atoms with Crippen LogP contribution < -0.4 is 11.1 Å². The second kappa shape index (κ2) is 6.04. The number of amides is 1. The molecule has 6 nitrogen and oxygen atoms in total. The molecule has 0 aliphatic rings. The minimum absolute atomic E-state index is 0.219. The molecule has 0 atom stereocenters. The van der Waals surface area contributed by atoms with Gasteiger partial charge in [0.2, 0.25) is 0 Å². The van der Waals surface area contributed by atoms with Gasteiger partial charge < -0.3 is 20.5 Å². The minimum atomic E-state index is -0.557. The topological polar surface area (TPSA) is 86.5 Å². The van der Waals surface area contributed by atoms with E-state index in [9.17, 15) is 4.79 Å². The van der Waals surface area contributed by atoms with Gasteiger partial charge in [0.1, 0.15) is 5.69 Å². The van der Waals surface area contributed by atoms with Crippen molar-refractivity contribution in [2.24, 2.45) is 5.73 Å². The molecule has 0 fully saturated rings. The first-order valence-corrected chi connectivity index (χ1v) is 4.72. The van der Waals surface area contributed by atoms with Crippen LogP contribution in [-0.2, 0) is 9.47 Å². The highest BCUT2D eigenvalue weighted by Gasteiger charge is 2.06. The van der Waals surface area contributed by atoms with E-state index in [-0.39, 0.29) is 12.0 Å². The molecule has 0 saturated heterocycles. The summed E-state index contributed by atoms with van der Waals surface area (Å²) in [6.45, 7) is 0.467. The molecule has 3 N–H and O–H groups in total. The molecule has 1 heterocycles. The number of methoxy groups -OCH3 is 2. The number of carbonyl (C=O) groups is 1. The molecule has 0 saturated carbocycles. The second-order valence-corrected chi connectivity index (χ2v) is 3.08. The Balaban J connectivity index is 2.60. The third-order valence-electron chi connectivity index (χ3n) is 2.01. The fraction of sp³-hybridized carbons (Fsp3) is 0.400. The zero-order valence-electron chi connectivity index (χ0n) is 9.27. The number of nitrogens with zero attached hydrogens (tertiary/aromatic N) is 1. The number of carbonyl (C=O) groups excluding carboxylic acids is 1. The van der Waals surface area contributed by atoms with Crippen molar-refractivity contribution in [2.75, 3.05) is 26.1 Å². The van der Waals surface area contributed by atoms with E-state index in [0.717, 1.165) is 5.69 Å². The van der Waals surface area contributed by atoms with Crippen LogP contribution in [0.25, 0.3) is 0 Å². The van der Waals surface area contributed by atoms with Crippen LogP contribution in [0.1, 0.15) is 10.5 Å². The van der Waals surface area contributed by atoms with Crippen molar-refractivity contribution >= 4 is 11.6 Å². The van der Waals surface area contributed by atoms with Gasteiger partial charge in [-0.2, -0.15) is 0 Å². The summed E-state index contributed by atoms with van der Waals surface area (Å²) in [5.41, 5.74) is 6.07. The molecule has 0 bridgehead atoms. The van der Waals surface area contributed by atoms with Crippen LogP contribution in [0.2, 0.25) is 0 Å². The molecule has 1 aromatic heterocycles. The highest BCUT2D eigenvalue weighted by Crippen LogP contribution is 2.07. The number of hydrogen-bond acceptors (Lipinski definition) is 5. The number of rotatable bonds is 6. The number of ether oxygens (including phenoxy) is 2. The monoisotopic (exact) mass is 225 g/mol. The maximum Gasteiger partial charge on any atom is 0.267 e. The molecule has 0 aliphatic heterocycles. The Bertz CT molecular complexity index is 353. The van der Waals surface area contributed by atoms with Gasteiger partial charge in [-0.25, -0.2) is 0 Å². The maximum absolute atomic E-state index is 10.9. The Hall–Kier alpha value is -1.66. The fourth-order valence-electron chi connectivity index (χ4n) is 1.14. The fourth-order valence-corrected chi connectivity index (χ4v) is 1.14. The van der Waals surface area contributed by atoms with Gasteiger partial charge in [-0.05, 0) is 12.1 Å². The highest BCUT2D eigenvalue weighted by molar-refractivity contribution is 5.91. The molecule has 16 heavy (non-hydrogen) atoms. The van der Waals surface area contributed by atoms with Crippen LogP contribution in [0.5, 0.6) is 0 Å². The summed E-state index contributed by atoms with van der Waals surface area (Å²) in [6.07, 6.45) is 1.17. The lowest BCUT2D eigenvalue weighted by atomic mass is 10.3. The van der Waals surface area contributed by atoms with E-state index in [1.807, 2.05) is 0 Å². The summed E-state index contributed by atoms with van der Waals surface area (Å²) >= 11 is 0. The van der Waals surface area contributed by atoms with Crippen LogP contribution in [0.4, 0.5) is 5.69 Å². The SMILES string of the molecule is COC(CNc1ccnc(C(N)=O)c1)OC. The third kappa shape index (κ3) is 3.48. The lowest BCUT2D eigenvalue weighted by molar-refractivity contribution is -0.0914. The Morgan fingerprint density at radius 2 is 2.25 bits per heavy atom. The van der Waals surface area contributed by atoms with E-state index < -0.39 is 5.91 Å². The quantitative estimate of drug-likeness (QED) is 0.676. The molecular weight excluding hydrogens is 210 g/mol. The normalized spacial score (nSPS) is 10.4. The number of pyridine rings is 1. The smallest absolute Gasteiger partial charge is 0.267 e. The van der Waals surface area contributed by atoms with E-state index in [0.29, 0.717) is 6.54 Å². The largest absolute Gasteiger partial charge is 0.380 e. The van der Waals surface area contributed by atoms with E-state index in [2.05, 4.69) is 10.3 Å². The summed E-state index contributed by atoms with van der Waals surface area (Å²) in [5, 5.41) is 3.04. The number of nitrogens with two attached hydrogens (primary N) is 1. The summed E-state index contributed by atoms with van der Waals surface area (Å²) < 4.78 is 10.0. The molecule has 0 aromatic carbocycles. The van der Waals surface area contributed by atoms with Gasteiger partial charge in [0.15, 0.2) is 6.29 Å². The first-order chi connectivity index (χ1) is 7.67. The van der Waals surface area contributed by atoms with Crippen LogP contribution >= 0.6 is 0 Å². The molecule has 6 heteroatoms. The van der Waals surface area contributed by atoms with Crippen molar-refractivity contribution in [3.05, 3.63) is 24.0 Å². The average Bonchev–Trinajstić information content (AvgIpc) is 2.31. The van der Waals surface area contributed by atoms with Crippen molar-refractivity contribution in [2.45, 2.75) is 6.29 Å². The Morgan fingerprint density at radius 1 is 1.56 bits per heavy atom. The van der Waals surface area contributed by atoms with E-state index >= 15 is 0 Å². The summed E-state index contributed by atoms with van der Waals surface area (Å²) in [7, 11) is 3.11. The van der Waals surface area contributed by atoms with E-state index in [1.54, 1.807) is 26.4 Å². The van der Waals surface area contributed by atoms with Gasteiger partial charge in [0.05, 0.1) is 6.54 Å². The number of aromatic nitrogens is 1. The number of nitrogens with one attached hydrogen (secondary N) is 1. The molecule has 88 valence electrons. The van der Waals surface area contributed by atoms with Gasteiger partial charge >= 0.3 is 0 Å². The standard InChI is InChI=1S/C10H15N3O3/c1-15-9(16-2)6-13-7-3-4-12-8(5-7)10(11)14/h3-5,9H,6H2,1-2H3,(H2,11,14)(H,12,13). The molecule has 0 aliphatic carbocycles. The zero-order valence-corrected chi connectivity index (χ0v) is 9.27. The van der Waals surface area contributed by atoms with Gasteiger partial charge in [-0.15, -0.1) is 0 Å². The lowest BCUT2D eigenvalue weighted by Crippen LogP contribution is -2.23. The van der Waals surface area contributed by atoms with Gasteiger partial charge in [0, 0.05) is 26.1 Å². The zero-order chi connectivity index (χ0) is 12.0. The van der Waals surface area contributed by atoms with Crippen molar-refractivity contribution in [3.8, 4) is 0 Å². The first-order valence-electron chi connectivity index (χ1n) is 4.72. The van der Waals surface area contributed by atoms with Crippen molar-refractivity contribution in [1.29, 1.82) is 0 Å². The van der Waals surface area contributed by atoms with Crippen LogP contribution in [-0.4, -0.2) is 37.9 Å². The van der Waals surface area contributed by atoms with Crippen molar-refractivity contribution in [3.63, 3.8) is 0 Å². The Morgan fingerprint density at radius 3 is 2.81 bits per heavy atom. The van der Waals surface area contributed by atoms with Gasteiger partial charge in [-0.3, -0.25) is 9.78 Å². The number of primary amides is 1. The highest BCUT2D eigenvalue weighted by atomic mass is 16.7. The maximum atomic E-state index is 10.9. The molecule has 0 radical (unpaired) electrons. The second-order valence-electron chi connectivity index (χ2n) is 3.08. The molecule has 0 spiro atoms. The number of hydrogen-bond donors (Lipinski definition) is 2. The van der Waals surface area contributed by atoms with Crippen LogP contribution in [0.15, 0.2) is 18.3 Å². The predicted octanol–water partition coefficient (Wildman–Crippen LogP) is 0.211. The first kappa shape index (κ1) is 12.4. The van der Waals surface area contributed by atoms with E-state index in [1.165, 1.54) is 6.20 Å². The van der Waals surface area contributed by atoms with E-state index in [4.69, 9.17) is 15.2 Å². The average molecular weight is 225 g/mol. The molecule has 1 amide bonds. The summed E-state index contributed by atoms with van der Waals surface area (Å²) in [4.78, 5) is 14.7. The molecule has 1 aromatic rings. The molecule has 0 unspecified atom stereocenters. The van der Waals surface area contributed by atoms with Gasteiger partial charge in [0.25, 0.3) is 5.91 Å². The lowest BCUT2D eigenvalue weighted by Gasteiger charge is -2.14. The number of anilines is 1. The Kier molecular flexibility index (Phi) is 4.68. The van der Waals surface area contributed by atoms with Crippen LogP contribution in [0.3, 0.4) is 0 Å². The molecule has 1 rings (SSSR count).